The maximum absolute atomic E-state index is 12.2. The Balaban J connectivity index is 1.83. The number of fused-ring (bicyclic) bond motifs is 1. The molecule has 0 radical (unpaired) electrons. The molecule has 0 fully saturated rings. The van der Waals surface area contributed by atoms with Crippen molar-refractivity contribution in [3.05, 3.63) is 41.5 Å². The number of carbonyl (C=O) groups is 1. The van der Waals surface area contributed by atoms with Gasteiger partial charge in [0.25, 0.3) is 5.91 Å². The number of anilines is 1. The summed E-state index contributed by atoms with van der Waals surface area (Å²) in [7, 11) is 1.80. The van der Waals surface area contributed by atoms with E-state index >= 15 is 0 Å². The van der Waals surface area contributed by atoms with E-state index in [-0.39, 0.29) is 5.91 Å². The minimum Gasteiger partial charge on any atom is -0.472 e. The highest BCUT2D eigenvalue weighted by molar-refractivity contribution is 5.93. The van der Waals surface area contributed by atoms with Crippen LogP contribution in [0.1, 0.15) is 21.6 Å². The lowest BCUT2D eigenvalue weighted by molar-refractivity contribution is 0.0732. The highest BCUT2D eigenvalue weighted by Crippen LogP contribution is 2.20. The lowest BCUT2D eigenvalue weighted by Crippen LogP contribution is -2.36. The van der Waals surface area contributed by atoms with Crippen molar-refractivity contribution in [1.82, 2.24) is 15.1 Å². The first-order valence-corrected chi connectivity index (χ1v) is 6.12. The third kappa shape index (κ3) is 2.16. The van der Waals surface area contributed by atoms with Gasteiger partial charge in [-0.2, -0.15) is 5.10 Å². The summed E-state index contributed by atoms with van der Waals surface area (Å²) in [5.41, 5.74) is 2.59. The van der Waals surface area contributed by atoms with Gasteiger partial charge in [-0.3, -0.25) is 4.79 Å². The SMILES string of the molecule is CNc1cc2c(nn1)CCN(C(=O)c1ccoc1)C2. The number of aromatic nitrogens is 2. The Labute approximate surface area is 110 Å². The fourth-order valence-electron chi connectivity index (χ4n) is 2.19. The lowest BCUT2D eigenvalue weighted by atomic mass is 10.1. The molecule has 0 unspecified atom stereocenters. The van der Waals surface area contributed by atoms with Crippen molar-refractivity contribution in [2.45, 2.75) is 13.0 Å². The number of carbonyl (C=O) groups excluding carboxylic acids is 1. The van der Waals surface area contributed by atoms with Crippen LogP contribution < -0.4 is 5.32 Å². The normalized spacial score (nSPS) is 14.1. The van der Waals surface area contributed by atoms with Crippen LogP contribution in [-0.2, 0) is 13.0 Å². The summed E-state index contributed by atoms with van der Waals surface area (Å²) in [6.07, 6.45) is 3.72. The molecule has 0 spiro atoms. The van der Waals surface area contributed by atoms with E-state index in [1.807, 2.05) is 6.07 Å². The zero-order valence-electron chi connectivity index (χ0n) is 10.6. The minimum absolute atomic E-state index is 0.0118. The molecule has 6 nitrogen and oxygen atoms in total. The number of rotatable bonds is 2. The highest BCUT2D eigenvalue weighted by atomic mass is 16.3. The molecule has 1 aliphatic heterocycles. The van der Waals surface area contributed by atoms with Crippen LogP contribution in [-0.4, -0.2) is 34.6 Å². The Morgan fingerprint density at radius 2 is 2.37 bits per heavy atom. The molecule has 3 rings (SSSR count). The number of furan rings is 1. The van der Waals surface area contributed by atoms with Crippen molar-refractivity contribution in [2.75, 3.05) is 18.9 Å². The van der Waals surface area contributed by atoms with Gasteiger partial charge in [-0.05, 0) is 17.7 Å². The lowest BCUT2D eigenvalue weighted by Gasteiger charge is -2.27. The van der Waals surface area contributed by atoms with Crippen LogP contribution in [0.3, 0.4) is 0 Å². The summed E-state index contributed by atoms with van der Waals surface area (Å²) in [6, 6.07) is 3.62. The van der Waals surface area contributed by atoms with Crippen LogP contribution in [0.15, 0.2) is 29.1 Å². The monoisotopic (exact) mass is 258 g/mol. The van der Waals surface area contributed by atoms with E-state index < -0.39 is 0 Å². The van der Waals surface area contributed by atoms with E-state index in [4.69, 9.17) is 4.42 Å². The summed E-state index contributed by atoms with van der Waals surface area (Å²) in [5.74, 6) is 0.707. The van der Waals surface area contributed by atoms with Gasteiger partial charge in [-0.15, -0.1) is 5.10 Å². The first-order valence-electron chi connectivity index (χ1n) is 6.12. The smallest absolute Gasteiger partial charge is 0.257 e. The number of nitrogens with one attached hydrogen (secondary N) is 1. The average molecular weight is 258 g/mol. The Morgan fingerprint density at radius 3 is 3.11 bits per heavy atom. The van der Waals surface area contributed by atoms with E-state index in [0.29, 0.717) is 18.7 Å². The van der Waals surface area contributed by atoms with Gasteiger partial charge in [-0.25, -0.2) is 0 Å². The second-order valence-electron chi connectivity index (χ2n) is 4.44. The molecule has 0 aromatic carbocycles. The van der Waals surface area contributed by atoms with Crippen molar-refractivity contribution in [3.8, 4) is 0 Å². The van der Waals surface area contributed by atoms with Gasteiger partial charge in [-0.1, -0.05) is 0 Å². The van der Waals surface area contributed by atoms with Gasteiger partial charge in [0.2, 0.25) is 0 Å². The zero-order chi connectivity index (χ0) is 13.2. The van der Waals surface area contributed by atoms with Crippen LogP contribution in [0.5, 0.6) is 0 Å². The predicted octanol–water partition coefficient (Wildman–Crippen LogP) is 1.31. The van der Waals surface area contributed by atoms with E-state index in [9.17, 15) is 4.79 Å². The minimum atomic E-state index is -0.0118. The van der Waals surface area contributed by atoms with Crippen molar-refractivity contribution >= 4 is 11.7 Å². The number of amides is 1. The van der Waals surface area contributed by atoms with Crippen LogP contribution >= 0.6 is 0 Å². The summed E-state index contributed by atoms with van der Waals surface area (Å²) in [4.78, 5) is 14.0. The van der Waals surface area contributed by atoms with Gasteiger partial charge in [0.05, 0.1) is 17.5 Å². The number of nitrogens with zero attached hydrogens (tertiary/aromatic N) is 3. The summed E-state index contributed by atoms with van der Waals surface area (Å²) < 4.78 is 4.95. The maximum Gasteiger partial charge on any atom is 0.257 e. The summed E-state index contributed by atoms with van der Waals surface area (Å²) in [6.45, 7) is 1.22. The van der Waals surface area contributed by atoms with Gasteiger partial charge in [0.15, 0.2) is 0 Å². The Kier molecular flexibility index (Phi) is 2.91. The molecule has 3 heterocycles. The van der Waals surface area contributed by atoms with Crippen molar-refractivity contribution in [1.29, 1.82) is 0 Å². The molecule has 6 heteroatoms. The first kappa shape index (κ1) is 11.7. The topological polar surface area (TPSA) is 71.3 Å². The second kappa shape index (κ2) is 4.72. The van der Waals surface area contributed by atoms with Crippen LogP contribution in [0.25, 0.3) is 0 Å². The van der Waals surface area contributed by atoms with E-state index in [2.05, 4.69) is 15.5 Å². The number of hydrogen-bond donors (Lipinski definition) is 1. The third-order valence-corrected chi connectivity index (χ3v) is 3.25. The molecule has 1 aliphatic rings. The Bertz CT molecular complexity index is 595. The summed E-state index contributed by atoms with van der Waals surface area (Å²) in [5, 5.41) is 11.2. The molecule has 98 valence electrons. The molecule has 0 saturated heterocycles. The molecular weight excluding hydrogens is 244 g/mol. The van der Waals surface area contributed by atoms with Crippen molar-refractivity contribution < 1.29 is 9.21 Å². The van der Waals surface area contributed by atoms with Gasteiger partial charge in [0, 0.05) is 26.6 Å². The van der Waals surface area contributed by atoms with E-state index in [1.54, 1.807) is 18.0 Å². The third-order valence-electron chi connectivity index (χ3n) is 3.25. The molecular formula is C13H14N4O2. The standard InChI is InChI=1S/C13H14N4O2/c1-14-12-6-10-7-17(4-2-11(10)15-16-12)13(18)9-3-5-19-8-9/h3,5-6,8H,2,4,7H2,1H3,(H,14,16). The van der Waals surface area contributed by atoms with Crippen molar-refractivity contribution in [2.24, 2.45) is 0 Å². The average Bonchev–Trinajstić information content (AvgIpc) is 2.99. The largest absolute Gasteiger partial charge is 0.472 e. The molecule has 19 heavy (non-hydrogen) atoms. The van der Waals surface area contributed by atoms with Gasteiger partial charge >= 0.3 is 0 Å². The Morgan fingerprint density at radius 1 is 1.47 bits per heavy atom. The molecule has 2 aromatic rings. The van der Waals surface area contributed by atoms with Crippen LogP contribution in [0.2, 0.25) is 0 Å². The molecule has 2 aromatic heterocycles. The van der Waals surface area contributed by atoms with Crippen molar-refractivity contribution in [3.63, 3.8) is 0 Å². The fourth-order valence-corrected chi connectivity index (χ4v) is 2.19. The molecule has 0 bridgehead atoms. The predicted molar refractivity (Wildman–Crippen MR) is 68.7 cm³/mol. The Hall–Kier alpha value is -2.37. The van der Waals surface area contributed by atoms with Gasteiger partial charge < -0.3 is 14.6 Å². The molecule has 0 aliphatic carbocycles. The first-order chi connectivity index (χ1) is 9.28. The van der Waals surface area contributed by atoms with Gasteiger partial charge in [0.1, 0.15) is 12.1 Å². The second-order valence-corrected chi connectivity index (χ2v) is 4.44. The molecule has 1 amide bonds. The van der Waals surface area contributed by atoms with Crippen LogP contribution in [0.4, 0.5) is 5.82 Å². The van der Waals surface area contributed by atoms with E-state index in [0.717, 1.165) is 23.5 Å². The fraction of sp³-hybridized carbons (Fsp3) is 0.308. The maximum atomic E-state index is 12.2. The zero-order valence-corrected chi connectivity index (χ0v) is 10.6. The number of hydrogen-bond acceptors (Lipinski definition) is 5. The molecule has 1 N–H and O–H groups in total. The van der Waals surface area contributed by atoms with Crippen LogP contribution in [0, 0.1) is 0 Å². The molecule has 0 atom stereocenters. The quantitative estimate of drug-likeness (QED) is 0.879. The highest BCUT2D eigenvalue weighted by Gasteiger charge is 2.23. The van der Waals surface area contributed by atoms with E-state index in [1.165, 1.54) is 12.5 Å². The molecule has 0 saturated carbocycles. The summed E-state index contributed by atoms with van der Waals surface area (Å²) >= 11 is 0.